The van der Waals surface area contributed by atoms with E-state index in [4.69, 9.17) is 4.74 Å². The standard InChI is InChI=1S/C25H27BrN2O4/c1-17-3-5-18(6-4-17)22-21(23(29)19-7-9-20(26)10-8-19)24(30)25(31)28(22)12-2-11-27-13-15-32-16-14-27/h3-10,22,29H,2,11-16H2,1H3/b23-21+/t22-/m0/s1. The third-order valence-corrected chi connectivity index (χ3v) is 6.56. The van der Waals surface area contributed by atoms with Crippen molar-refractivity contribution in [1.29, 1.82) is 0 Å². The fourth-order valence-electron chi connectivity index (χ4n) is 4.26. The maximum absolute atomic E-state index is 13.1. The zero-order valence-electron chi connectivity index (χ0n) is 18.1. The van der Waals surface area contributed by atoms with Crippen molar-refractivity contribution < 1.29 is 19.4 Å². The molecule has 2 fully saturated rings. The number of nitrogens with zero attached hydrogens (tertiary/aromatic N) is 2. The predicted molar refractivity (Wildman–Crippen MR) is 126 cm³/mol. The van der Waals surface area contributed by atoms with Crippen molar-refractivity contribution in [2.24, 2.45) is 0 Å². The monoisotopic (exact) mass is 498 g/mol. The SMILES string of the molecule is Cc1ccc([C@H]2/C(=C(\O)c3ccc(Br)cc3)C(=O)C(=O)N2CCCN2CCOCC2)cc1. The molecule has 1 amide bonds. The molecule has 0 aliphatic carbocycles. The van der Waals surface area contributed by atoms with Gasteiger partial charge in [0.2, 0.25) is 0 Å². The third kappa shape index (κ3) is 4.80. The number of Topliss-reactive ketones (excluding diaryl/α,β-unsaturated/α-hetero) is 1. The van der Waals surface area contributed by atoms with E-state index < -0.39 is 17.7 Å². The van der Waals surface area contributed by atoms with Crippen LogP contribution in [-0.4, -0.2) is 66.0 Å². The van der Waals surface area contributed by atoms with Crippen LogP contribution in [0.3, 0.4) is 0 Å². The molecule has 0 spiro atoms. The summed E-state index contributed by atoms with van der Waals surface area (Å²) in [6, 6.07) is 14.2. The van der Waals surface area contributed by atoms with Crippen LogP contribution in [0, 0.1) is 6.92 Å². The first-order chi connectivity index (χ1) is 15.5. The molecule has 2 saturated heterocycles. The number of aryl methyl sites for hydroxylation is 1. The summed E-state index contributed by atoms with van der Waals surface area (Å²) in [6.45, 7) is 6.47. The number of hydrogen-bond donors (Lipinski definition) is 1. The lowest BCUT2D eigenvalue weighted by molar-refractivity contribution is -0.140. The second-order valence-electron chi connectivity index (χ2n) is 8.22. The molecule has 2 aromatic carbocycles. The van der Waals surface area contributed by atoms with E-state index in [0.717, 1.165) is 54.9 Å². The highest BCUT2D eigenvalue weighted by molar-refractivity contribution is 9.10. The Kier molecular flexibility index (Phi) is 7.08. The van der Waals surface area contributed by atoms with E-state index in [2.05, 4.69) is 20.8 Å². The number of halogens is 1. The lowest BCUT2D eigenvalue weighted by Crippen LogP contribution is -2.38. The van der Waals surface area contributed by atoms with Crippen molar-refractivity contribution >= 4 is 33.4 Å². The molecule has 2 aliphatic rings. The minimum atomic E-state index is -0.637. The molecular weight excluding hydrogens is 472 g/mol. The second-order valence-corrected chi connectivity index (χ2v) is 9.13. The van der Waals surface area contributed by atoms with Gasteiger partial charge in [0.15, 0.2) is 0 Å². The van der Waals surface area contributed by atoms with Gasteiger partial charge in [-0.05, 0) is 31.0 Å². The van der Waals surface area contributed by atoms with Crippen LogP contribution in [0.1, 0.15) is 29.2 Å². The highest BCUT2D eigenvalue weighted by Crippen LogP contribution is 2.39. The average Bonchev–Trinajstić information content (AvgIpc) is 3.05. The van der Waals surface area contributed by atoms with E-state index in [0.29, 0.717) is 12.1 Å². The summed E-state index contributed by atoms with van der Waals surface area (Å²) in [5.41, 5.74) is 2.56. The highest BCUT2D eigenvalue weighted by atomic mass is 79.9. The summed E-state index contributed by atoms with van der Waals surface area (Å²) in [5.74, 6) is -1.34. The zero-order chi connectivity index (χ0) is 22.7. The zero-order valence-corrected chi connectivity index (χ0v) is 19.7. The van der Waals surface area contributed by atoms with E-state index in [-0.39, 0.29) is 11.3 Å². The first-order valence-electron chi connectivity index (χ1n) is 10.9. The van der Waals surface area contributed by atoms with Crippen molar-refractivity contribution in [3.63, 3.8) is 0 Å². The van der Waals surface area contributed by atoms with Crippen LogP contribution in [0.25, 0.3) is 5.76 Å². The van der Waals surface area contributed by atoms with E-state index in [1.807, 2.05) is 31.2 Å². The van der Waals surface area contributed by atoms with Crippen LogP contribution in [-0.2, 0) is 14.3 Å². The van der Waals surface area contributed by atoms with Crippen LogP contribution in [0.5, 0.6) is 0 Å². The molecule has 0 aromatic heterocycles. The number of carbonyl (C=O) groups excluding carboxylic acids is 2. The molecule has 0 saturated carbocycles. The normalized spacial score (nSPS) is 21.3. The van der Waals surface area contributed by atoms with Gasteiger partial charge in [-0.3, -0.25) is 14.5 Å². The Hall–Kier alpha value is -2.48. The number of carbonyl (C=O) groups is 2. The van der Waals surface area contributed by atoms with Gasteiger partial charge in [0, 0.05) is 36.2 Å². The summed E-state index contributed by atoms with van der Waals surface area (Å²) in [7, 11) is 0. The number of benzene rings is 2. The van der Waals surface area contributed by atoms with Gasteiger partial charge >= 0.3 is 0 Å². The molecule has 6 nitrogen and oxygen atoms in total. The Balaban J connectivity index is 1.66. The van der Waals surface area contributed by atoms with Gasteiger partial charge < -0.3 is 14.7 Å². The van der Waals surface area contributed by atoms with E-state index in [1.54, 1.807) is 29.2 Å². The van der Waals surface area contributed by atoms with Crippen molar-refractivity contribution in [3.05, 3.63) is 75.3 Å². The molecule has 0 unspecified atom stereocenters. The number of morpholine rings is 1. The first-order valence-corrected chi connectivity index (χ1v) is 11.7. The molecule has 168 valence electrons. The molecule has 0 bridgehead atoms. The largest absolute Gasteiger partial charge is 0.507 e. The second kappa shape index (κ2) is 9.98. The highest BCUT2D eigenvalue weighted by Gasteiger charge is 2.45. The summed E-state index contributed by atoms with van der Waals surface area (Å²) >= 11 is 3.39. The Morgan fingerprint density at radius 3 is 2.34 bits per heavy atom. The average molecular weight is 499 g/mol. The molecular formula is C25H27BrN2O4. The predicted octanol–water partition coefficient (Wildman–Crippen LogP) is 3.90. The molecule has 1 N–H and O–H groups in total. The summed E-state index contributed by atoms with van der Waals surface area (Å²) in [5, 5.41) is 11.1. The molecule has 2 aliphatic heterocycles. The fourth-order valence-corrected chi connectivity index (χ4v) is 4.52. The first kappa shape index (κ1) is 22.7. The number of ether oxygens (including phenoxy) is 1. The van der Waals surface area contributed by atoms with Crippen LogP contribution < -0.4 is 0 Å². The van der Waals surface area contributed by atoms with Gasteiger partial charge in [0.25, 0.3) is 11.7 Å². The van der Waals surface area contributed by atoms with Crippen molar-refractivity contribution in [1.82, 2.24) is 9.80 Å². The molecule has 2 aromatic rings. The maximum atomic E-state index is 13.1. The van der Waals surface area contributed by atoms with E-state index in [9.17, 15) is 14.7 Å². The number of rotatable bonds is 6. The van der Waals surface area contributed by atoms with Crippen molar-refractivity contribution in [3.8, 4) is 0 Å². The number of amides is 1. The number of ketones is 1. The van der Waals surface area contributed by atoms with Crippen LogP contribution in [0.4, 0.5) is 0 Å². The molecule has 1 atom stereocenters. The quantitative estimate of drug-likeness (QED) is 0.371. The molecule has 7 heteroatoms. The molecule has 2 heterocycles. The number of aliphatic hydroxyl groups is 1. The maximum Gasteiger partial charge on any atom is 0.295 e. The van der Waals surface area contributed by atoms with Crippen LogP contribution in [0.2, 0.25) is 0 Å². The Morgan fingerprint density at radius 1 is 1.03 bits per heavy atom. The van der Waals surface area contributed by atoms with Gasteiger partial charge in [-0.15, -0.1) is 0 Å². The van der Waals surface area contributed by atoms with Gasteiger partial charge in [-0.25, -0.2) is 0 Å². The minimum absolute atomic E-state index is 0.142. The Labute approximate surface area is 196 Å². The lowest BCUT2D eigenvalue weighted by atomic mass is 9.94. The summed E-state index contributed by atoms with van der Waals surface area (Å²) in [4.78, 5) is 30.0. The smallest absolute Gasteiger partial charge is 0.295 e. The van der Waals surface area contributed by atoms with Gasteiger partial charge in [-0.2, -0.15) is 0 Å². The number of hydrogen-bond acceptors (Lipinski definition) is 5. The van der Waals surface area contributed by atoms with Crippen LogP contribution >= 0.6 is 15.9 Å². The molecule has 32 heavy (non-hydrogen) atoms. The van der Waals surface area contributed by atoms with Gasteiger partial charge in [-0.1, -0.05) is 57.9 Å². The van der Waals surface area contributed by atoms with E-state index in [1.165, 1.54) is 0 Å². The summed E-state index contributed by atoms with van der Waals surface area (Å²) < 4.78 is 6.27. The fraction of sp³-hybridized carbons (Fsp3) is 0.360. The van der Waals surface area contributed by atoms with Crippen LogP contribution in [0.15, 0.2) is 58.6 Å². The minimum Gasteiger partial charge on any atom is -0.507 e. The number of aliphatic hydroxyl groups excluding tert-OH is 1. The summed E-state index contributed by atoms with van der Waals surface area (Å²) in [6.07, 6.45) is 0.744. The molecule has 4 rings (SSSR count). The lowest BCUT2D eigenvalue weighted by Gasteiger charge is -2.29. The molecule has 0 radical (unpaired) electrons. The van der Waals surface area contributed by atoms with Crippen molar-refractivity contribution in [2.75, 3.05) is 39.4 Å². The Bertz CT molecular complexity index is 1010. The topological polar surface area (TPSA) is 70.1 Å². The third-order valence-electron chi connectivity index (χ3n) is 6.03. The van der Waals surface area contributed by atoms with Gasteiger partial charge in [0.1, 0.15) is 5.76 Å². The van der Waals surface area contributed by atoms with Crippen molar-refractivity contribution in [2.45, 2.75) is 19.4 Å². The Morgan fingerprint density at radius 2 is 1.69 bits per heavy atom. The van der Waals surface area contributed by atoms with E-state index >= 15 is 0 Å². The van der Waals surface area contributed by atoms with Gasteiger partial charge in [0.05, 0.1) is 24.8 Å². The number of likely N-dealkylation sites (tertiary alicyclic amines) is 1.